The number of nitrogens with two attached hydrogens (primary N) is 1. The summed E-state index contributed by atoms with van der Waals surface area (Å²) in [5.41, 5.74) is 8.05. The molecule has 5 heteroatoms. The highest BCUT2D eigenvalue weighted by molar-refractivity contribution is 5.85. The number of aromatic nitrogens is 1. The second-order valence-electron chi connectivity index (χ2n) is 6.89. The predicted octanol–water partition coefficient (Wildman–Crippen LogP) is 2.43. The van der Waals surface area contributed by atoms with Crippen LogP contribution in [0.15, 0.2) is 30.3 Å². The van der Waals surface area contributed by atoms with Crippen molar-refractivity contribution in [2.45, 2.75) is 38.3 Å². The van der Waals surface area contributed by atoms with Crippen molar-refractivity contribution in [3.8, 4) is 0 Å². The van der Waals surface area contributed by atoms with E-state index >= 15 is 0 Å². The van der Waals surface area contributed by atoms with E-state index in [9.17, 15) is 4.79 Å². The number of hydrogen-bond acceptors (Lipinski definition) is 4. The molecule has 2 aromatic rings. The van der Waals surface area contributed by atoms with Gasteiger partial charge in [-0.05, 0) is 37.0 Å². The molecule has 3 N–H and O–H groups in total. The van der Waals surface area contributed by atoms with Gasteiger partial charge in [-0.2, -0.15) is 0 Å². The molecule has 1 fully saturated rings. The van der Waals surface area contributed by atoms with Crippen LogP contribution in [0.3, 0.4) is 0 Å². The van der Waals surface area contributed by atoms with E-state index in [-0.39, 0.29) is 17.9 Å². The average molecular weight is 326 g/mol. The summed E-state index contributed by atoms with van der Waals surface area (Å²) in [5.74, 6) is 1.07. The molecule has 2 atom stereocenters. The van der Waals surface area contributed by atoms with Crippen LogP contribution in [0.5, 0.6) is 0 Å². The minimum absolute atomic E-state index is 0.0511. The van der Waals surface area contributed by atoms with E-state index in [1.54, 1.807) is 0 Å². The normalized spacial score (nSPS) is 20.8. The minimum Gasteiger partial charge on any atom is -0.363 e. The van der Waals surface area contributed by atoms with Crippen molar-refractivity contribution in [2.75, 3.05) is 19.0 Å². The molecule has 3 rings (SSSR count). The van der Waals surface area contributed by atoms with E-state index in [0.717, 1.165) is 48.0 Å². The Kier molecular flexibility index (Phi) is 5.00. The largest absolute Gasteiger partial charge is 0.363 e. The third-order valence-corrected chi connectivity index (χ3v) is 4.79. The summed E-state index contributed by atoms with van der Waals surface area (Å²) < 4.78 is 0. The maximum Gasteiger partial charge on any atom is 0.223 e. The smallest absolute Gasteiger partial charge is 0.223 e. The molecule has 1 aromatic carbocycles. The van der Waals surface area contributed by atoms with E-state index in [4.69, 9.17) is 5.73 Å². The Labute approximate surface area is 143 Å². The first kappa shape index (κ1) is 16.7. The van der Waals surface area contributed by atoms with Gasteiger partial charge < -0.3 is 16.0 Å². The van der Waals surface area contributed by atoms with Gasteiger partial charge in [0.1, 0.15) is 5.82 Å². The van der Waals surface area contributed by atoms with Gasteiger partial charge in [-0.1, -0.05) is 24.6 Å². The number of nitrogens with one attached hydrogen (secondary N) is 1. The topological polar surface area (TPSA) is 71.2 Å². The van der Waals surface area contributed by atoms with Crippen LogP contribution in [-0.4, -0.2) is 31.0 Å². The number of fused-ring (bicyclic) bond motifs is 1. The zero-order chi connectivity index (χ0) is 17.1. The van der Waals surface area contributed by atoms with Crippen LogP contribution >= 0.6 is 0 Å². The molecular weight excluding hydrogens is 300 g/mol. The second kappa shape index (κ2) is 7.18. The van der Waals surface area contributed by atoms with Crippen molar-refractivity contribution in [1.82, 2.24) is 10.3 Å². The zero-order valence-electron chi connectivity index (χ0n) is 14.5. The van der Waals surface area contributed by atoms with Crippen molar-refractivity contribution in [2.24, 2.45) is 11.7 Å². The SMILES string of the molecule is CN(C)c1cc(CNC(=O)C2CCCC(N)C2)c2ccccc2n1. The van der Waals surface area contributed by atoms with Gasteiger partial charge in [-0.25, -0.2) is 4.98 Å². The molecule has 1 aliphatic rings. The number of pyridine rings is 1. The third-order valence-electron chi connectivity index (χ3n) is 4.79. The molecule has 1 aromatic heterocycles. The lowest BCUT2D eigenvalue weighted by atomic mass is 9.85. The summed E-state index contributed by atoms with van der Waals surface area (Å²) in [6.45, 7) is 0.522. The maximum atomic E-state index is 12.5. The zero-order valence-corrected chi connectivity index (χ0v) is 14.5. The number of hydrogen-bond donors (Lipinski definition) is 2. The summed E-state index contributed by atoms with van der Waals surface area (Å²) >= 11 is 0. The molecule has 1 saturated carbocycles. The summed E-state index contributed by atoms with van der Waals surface area (Å²) in [6, 6.07) is 10.3. The molecule has 128 valence electrons. The van der Waals surface area contributed by atoms with Gasteiger partial charge in [-0.3, -0.25) is 4.79 Å². The predicted molar refractivity (Wildman–Crippen MR) is 97.9 cm³/mol. The fourth-order valence-corrected chi connectivity index (χ4v) is 3.40. The van der Waals surface area contributed by atoms with Gasteiger partial charge in [0.05, 0.1) is 5.52 Å². The highest BCUT2D eigenvalue weighted by atomic mass is 16.1. The molecule has 0 radical (unpaired) electrons. The lowest BCUT2D eigenvalue weighted by Gasteiger charge is -2.25. The molecule has 1 aliphatic carbocycles. The number of para-hydroxylation sites is 1. The monoisotopic (exact) mass is 326 g/mol. The van der Waals surface area contributed by atoms with Crippen molar-refractivity contribution < 1.29 is 4.79 Å². The van der Waals surface area contributed by atoms with Gasteiger partial charge in [0.25, 0.3) is 0 Å². The number of benzene rings is 1. The van der Waals surface area contributed by atoms with Crippen molar-refractivity contribution in [3.63, 3.8) is 0 Å². The van der Waals surface area contributed by atoms with E-state index in [1.807, 2.05) is 37.2 Å². The van der Waals surface area contributed by atoms with Gasteiger partial charge >= 0.3 is 0 Å². The quantitative estimate of drug-likeness (QED) is 0.905. The molecule has 5 nitrogen and oxygen atoms in total. The standard InChI is InChI=1S/C19H26N4O/c1-23(2)18-11-14(16-8-3-4-9-17(16)22-18)12-21-19(24)13-6-5-7-15(20)10-13/h3-4,8-9,11,13,15H,5-7,10,12,20H2,1-2H3,(H,21,24). The van der Waals surface area contributed by atoms with Crippen molar-refractivity contribution in [1.29, 1.82) is 0 Å². The Balaban J connectivity index is 1.78. The molecule has 1 heterocycles. The number of amides is 1. The van der Waals surface area contributed by atoms with Crippen LogP contribution in [0.2, 0.25) is 0 Å². The summed E-state index contributed by atoms with van der Waals surface area (Å²) in [6.07, 6.45) is 3.82. The molecular formula is C19H26N4O. The van der Waals surface area contributed by atoms with Crippen molar-refractivity contribution >= 4 is 22.6 Å². The van der Waals surface area contributed by atoms with Crippen LogP contribution in [0.1, 0.15) is 31.2 Å². The highest BCUT2D eigenvalue weighted by Crippen LogP contribution is 2.25. The van der Waals surface area contributed by atoms with E-state index in [2.05, 4.69) is 22.4 Å². The molecule has 24 heavy (non-hydrogen) atoms. The van der Waals surface area contributed by atoms with Gasteiger partial charge in [-0.15, -0.1) is 0 Å². The lowest BCUT2D eigenvalue weighted by molar-refractivity contribution is -0.126. The summed E-state index contributed by atoms with van der Waals surface area (Å²) in [7, 11) is 3.95. The van der Waals surface area contributed by atoms with E-state index in [0.29, 0.717) is 6.54 Å². The minimum atomic E-state index is 0.0511. The first-order chi connectivity index (χ1) is 11.5. The number of rotatable bonds is 4. The van der Waals surface area contributed by atoms with Crippen LogP contribution in [0, 0.1) is 5.92 Å². The Morgan fingerprint density at radius 1 is 1.33 bits per heavy atom. The van der Waals surface area contributed by atoms with Crippen molar-refractivity contribution in [3.05, 3.63) is 35.9 Å². The number of anilines is 1. The third kappa shape index (κ3) is 3.67. The molecule has 2 unspecified atom stereocenters. The van der Waals surface area contributed by atoms with Gasteiger partial charge in [0, 0.05) is 38.0 Å². The van der Waals surface area contributed by atoms with Gasteiger partial charge in [0.15, 0.2) is 0 Å². The maximum absolute atomic E-state index is 12.5. The Morgan fingerprint density at radius 3 is 2.88 bits per heavy atom. The second-order valence-corrected chi connectivity index (χ2v) is 6.89. The molecule has 0 bridgehead atoms. The van der Waals surface area contributed by atoms with E-state index < -0.39 is 0 Å². The summed E-state index contributed by atoms with van der Waals surface area (Å²) in [4.78, 5) is 19.1. The number of carbonyl (C=O) groups is 1. The molecule has 0 aliphatic heterocycles. The first-order valence-corrected chi connectivity index (χ1v) is 8.64. The molecule has 0 spiro atoms. The first-order valence-electron chi connectivity index (χ1n) is 8.64. The Hall–Kier alpha value is -2.14. The van der Waals surface area contributed by atoms with Crippen LogP contribution in [-0.2, 0) is 11.3 Å². The highest BCUT2D eigenvalue weighted by Gasteiger charge is 2.25. The van der Waals surface area contributed by atoms with Crippen LogP contribution in [0.4, 0.5) is 5.82 Å². The fraction of sp³-hybridized carbons (Fsp3) is 0.474. The average Bonchev–Trinajstić information content (AvgIpc) is 2.59. The number of carbonyl (C=O) groups excluding carboxylic acids is 1. The van der Waals surface area contributed by atoms with Gasteiger partial charge in [0.2, 0.25) is 5.91 Å². The Bertz CT molecular complexity index is 728. The fourth-order valence-electron chi connectivity index (χ4n) is 3.40. The van der Waals surface area contributed by atoms with Crippen LogP contribution in [0.25, 0.3) is 10.9 Å². The van der Waals surface area contributed by atoms with Crippen LogP contribution < -0.4 is 16.0 Å². The molecule has 1 amide bonds. The lowest BCUT2D eigenvalue weighted by Crippen LogP contribution is -2.37. The Morgan fingerprint density at radius 2 is 2.12 bits per heavy atom. The van der Waals surface area contributed by atoms with E-state index in [1.165, 1.54) is 0 Å². The molecule has 0 saturated heterocycles. The number of nitrogens with zero attached hydrogens (tertiary/aromatic N) is 2. The summed E-state index contributed by atoms with van der Waals surface area (Å²) in [5, 5.41) is 4.19.